The summed E-state index contributed by atoms with van der Waals surface area (Å²) in [5.41, 5.74) is 3.66. The minimum atomic E-state index is -1.01. The first-order chi connectivity index (χ1) is 19.2. The van der Waals surface area contributed by atoms with Crippen LogP contribution in [-0.2, 0) is 6.54 Å². The average molecular weight is 574 g/mol. The van der Waals surface area contributed by atoms with Gasteiger partial charge in [-0.2, -0.15) is 5.10 Å². The molecule has 0 bridgehead atoms. The zero-order valence-corrected chi connectivity index (χ0v) is 23.3. The Balaban J connectivity index is 1.61. The van der Waals surface area contributed by atoms with E-state index in [1.54, 1.807) is 36.4 Å². The number of nitrogens with zero attached hydrogens (tertiary/aromatic N) is 2. The van der Waals surface area contributed by atoms with Gasteiger partial charge >= 0.3 is 5.97 Å². The number of aromatic nitrogens is 2. The van der Waals surface area contributed by atoms with E-state index in [1.807, 2.05) is 42.8 Å². The number of carboxylic acid groups (broad SMARTS) is 1. The molecular formula is C31H25ClFN3O3S. The van der Waals surface area contributed by atoms with Gasteiger partial charge in [0.1, 0.15) is 10.8 Å². The van der Waals surface area contributed by atoms with Crippen LogP contribution in [0.4, 0.5) is 4.39 Å². The highest BCUT2D eigenvalue weighted by molar-refractivity contribution is 7.99. The normalized spacial score (nSPS) is 11.2. The van der Waals surface area contributed by atoms with Crippen LogP contribution in [0.2, 0.25) is 5.02 Å². The highest BCUT2D eigenvalue weighted by Gasteiger charge is 2.22. The lowest BCUT2D eigenvalue weighted by Gasteiger charge is -2.12. The molecule has 0 saturated carbocycles. The number of carbonyl (C=O) groups excluding carboxylic acids is 1. The Labute approximate surface area is 239 Å². The molecular weight excluding hydrogens is 549 g/mol. The standard InChI is InChI=1S/C31H25ClFN3O3S/c1-18(2)36-27-15-22(20-10-12-24(33)13-11-20)14-26(28(27)30(35-36)40-25-5-3-4-23(32)16-25)29(37)34-17-19-6-8-21(9-7-19)31(38)39/h3-16,18H,17H2,1-2H3,(H,34,37)(H,38,39). The first-order valence-corrected chi connectivity index (χ1v) is 13.7. The third kappa shape index (κ3) is 5.88. The molecule has 5 rings (SSSR count). The second kappa shape index (κ2) is 11.5. The van der Waals surface area contributed by atoms with Gasteiger partial charge in [-0.1, -0.05) is 53.7 Å². The molecule has 0 fully saturated rings. The Bertz CT molecular complexity index is 1720. The fraction of sp³-hybridized carbons (Fsp3) is 0.129. The van der Waals surface area contributed by atoms with E-state index in [9.17, 15) is 14.0 Å². The molecule has 6 nitrogen and oxygen atoms in total. The quantitative estimate of drug-likeness (QED) is 0.197. The van der Waals surface area contributed by atoms with Gasteiger partial charge in [-0.15, -0.1) is 0 Å². The Morgan fingerprint density at radius 1 is 1.00 bits per heavy atom. The van der Waals surface area contributed by atoms with Crippen molar-refractivity contribution in [3.63, 3.8) is 0 Å². The number of hydrogen-bond acceptors (Lipinski definition) is 4. The maximum absolute atomic E-state index is 13.8. The second-order valence-corrected chi connectivity index (χ2v) is 11.0. The maximum atomic E-state index is 13.8. The molecule has 0 saturated heterocycles. The van der Waals surface area contributed by atoms with Crippen LogP contribution in [0.25, 0.3) is 22.0 Å². The van der Waals surface area contributed by atoms with Gasteiger partial charge < -0.3 is 10.4 Å². The molecule has 202 valence electrons. The van der Waals surface area contributed by atoms with Crippen molar-refractivity contribution < 1.29 is 19.1 Å². The molecule has 2 N–H and O–H groups in total. The lowest BCUT2D eigenvalue weighted by molar-refractivity contribution is 0.0696. The Morgan fingerprint density at radius 2 is 1.73 bits per heavy atom. The van der Waals surface area contributed by atoms with E-state index in [0.717, 1.165) is 27.1 Å². The number of nitrogens with one attached hydrogen (secondary N) is 1. The molecule has 1 amide bonds. The largest absolute Gasteiger partial charge is 0.478 e. The zero-order valence-electron chi connectivity index (χ0n) is 21.7. The SMILES string of the molecule is CC(C)n1nc(Sc2cccc(Cl)c2)c2c(C(=O)NCc3ccc(C(=O)O)cc3)cc(-c3ccc(F)cc3)cc21. The summed E-state index contributed by atoms with van der Waals surface area (Å²) in [4.78, 5) is 25.8. The Kier molecular flexibility index (Phi) is 7.91. The van der Waals surface area contributed by atoms with Gasteiger partial charge in [0.25, 0.3) is 5.91 Å². The molecule has 0 radical (unpaired) electrons. The predicted molar refractivity (Wildman–Crippen MR) is 156 cm³/mol. The van der Waals surface area contributed by atoms with Crippen LogP contribution < -0.4 is 5.32 Å². The van der Waals surface area contributed by atoms with Crippen molar-refractivity contribution in [3.05, 3.63) is 112 Å². The van der Waals surface area contributed by atoms with Gasteiger partial charge in [-0.25, -0.2) is 9.18 Å². The molecule has 0 aliphatic heterocycles. The van der Waals surface area contributed by atoms with Crippen molar-refractivity contribution >= 4 is 46.1 Å². The van der Waals surface area contributed by atoms with Crippen LogP contribution in [0.15, 0.2) is 94.9 Å². The van der Waals surface area contributed by atoms with Gasteiger partial charge in [0.05, 0.1) is 16.6 Å². The zero-order chi connectivity index (χ0) is 28.4. The molecule has 0 spiro atoms. The van der Waals surface area contributed by atoms with Crippen LogP contribution in [0.3, 0.4) is 0 Å². The lowest BCUT2D eigenvalue weighted by Crippen LogP contribution is -2.23. The minimum absolute atomic E-state index is 0.00309. The number of halogens is 2. The number of carbonyl (C=O) groups is 2. The average Bonchev–Trinajstić information content (AvgIpc) is 3.30. The van der Waals surface area contributed by atoms with Crippen molar-refractivity contribution in [2.24, 2.45) is 0 Å². The molecule has 1 heterocycles. The van der Waals surface area contributed by atoms with Gasteiger partial charge in [0.15, 0.2) is 0 Å². The molecule has 9 heteroatoms. The van der Waals surface area contributed by atoms with E-state index in [4.69, 9.17) is 21.8 Å². The van der Waals surface area contributed by atoms with Gasteiger partial charge in [0.2, 0.25) is 0 Å². The van der Waals surface area contributed by atoms with Gasteiger partial charge in [0, 0.05) is 27.9 Å². The molecule has 5 aromatic rings. The maximum Gasteiger partial charge on any atom is 0.335 e. The molecule has 4 aromatic carbocycles. The molecule has 0 atom stereocenters. The topological polar surface area (TPSA) is 84.2 Å². The summed E-state index contributed by atoms with van der Waals surface area (Å²) < 4.78 is 15.6. The first kappa shape index (κ1) is 27.4. The fourth-order valence-corrected chi connectivity index (χ4v) is 5.63. The third-order valence-corrected chi connectivity index (χ3v) is 7.56. The number of amides is 1. The van der Waals surface area contributed by atoms with Crippen molar-refractivity contribution in [1.29, 1.82) is 0 Å². The van der Waals surface area contributed by atoms with E-state index < -0.39 is 5.97 Å². The summed E-state index contributed by atoms with van der Waals surface area (Å²) in [7, 11) is 0. The monoisotopic (exact) mass is 573 g/mol. The van der Waals surface area contributed by atoms with Crippen molar-refractivity contribution in [3.8, 4) is 11.1 Å². The van der Waals surface area contributed by atoms with Crippen molar-refractivity contribution in [1.82, 2.24) is 15.1 Å². The first-order valence-electron chi connectivity index (χ1n) is 12.6. The van der Waals surface area contributed by atoms with E-state index in [1.165, 1.54) is 36.0 Å². The lowest BCUT2D eigenvalue weighted by atomic mass is 9.99. The number of benzene rings is 4. The van der Waals surface area contributed by atoms with Crippen LogP contribution in [0.5, 0.6) is 0 Å². The number of aromatic carboxylic acids is 1. The van der Waals surface area contributed by atoms with Crippen LogP contribution >= 0.6 is 23.4 Å². The van der Waals surface area contributed by atoms with E-state index in [0.29, 0.717) is 21.0 Å². The molecule has 40 heavy (non-hydrogen) atoms. The summed E-state index contributed by atoms with van der Waals surface area (Å²) in [5, 5.41) is 19.0. The highest BCUT2D eigenvalue weighted by Crippen LogP contribution is 2.39. The number of carboxylic acids is 1. The smallest absolute Gasteiger partial charge is 0.335 e. The summed E-state index contributed by atoms with van der Waals surface area (Å²) in [5.74, 6) is -1.67. The van der Waals surface area contributed by atoms with E-state index in [-0.39, 0.29) is 29.9 Å². The summed E-state index contributed by atoms with van der Waals surface area (Å²) >= 11 is 7.65. The van der Waals surface area contributed by atoms with Crippen LogP contribution in [0, 0.1) is 5.82 Å². The van der Waals surface area contributed by atoms with Crippen LogP contribution in [-0.4, -0.2) is 26.8 Å². The molecule has 1 aromatic heterocycles. The molecule has 0 aliphatic carbocycles. The van der Waals surface area contributed by atoms with Crippen molar-refractivity contribution in [2.75, 3.05) is 0 Å². The predicted octanol–water partition coefficient (Wildman–Crippen LogP) is 7.86. The minimum Gasteiger partial charge on any atom is -0.478 e. The molecule has 0 aliphatic rings. The number of rotatable bonds is 8. The number of hydrogen-bond donors (Lipinski definition) is 2. The number of fused-ring (bicyclic) bond motifs is 1. The van der Waals surface area contributed by atoms with Crippen molar-refractivity contribution in [2.45, 2.75) is 36.4 Å². The van der Waals surface area contributed by atoms with Gasteiger partial charge in [-0.05, 0) is 85.1 Å². The molecule has 0 unspecified atom stereocenters. The third-order valence-electron chi connectivity index (χ3n) is 6.35. The summed E-state index contributed by atoms with van der Waals surface area (Å²) in [6, 6.07) is 23.7. The van der Waals surface area contributed by atoms with E-state index in [2.05, 4.69) is 5.32 Å². The Morgan fingerprint density at radius 3 is 2.38 bits per heavy atom. The summed E-state index contributed by atoms with van der Waals surface area (Å²) in [6.45, 7) is 4.24. The van der Waals surface area contributed by atoms with Gasteiger partial charge in [-0.3, -0.25) is 9.48 Å². The van der Waals surface area contributed by atoms with E-state index >= 15 is 0 Å². The highest BCUT2D eigenvalue weighted by atomic mass is 35.5. The second-order valence-electron chi connectivity index (χ2n) is 9.51. The summed E-state index contributed by atoms with van der Waals surface area (Å²) in [6.07, 6.45) is 0. The Hall–Kier alpha value is -4.14. The fourth-order valence-electron chi connectivity index (χ4n) is 4.37. The van der Waals surface area contributed by atoms with Crippen LogP contribution in [0.1, 0.15) is 46.2 Å².